The van der Waals surface area contributed by atoms with E-state index in [2.05, 4.69) is 10.4 Å². The number of benzene rings is 1. The molecule has 0 unspecified atom stereocenters. The van der Waals surface area contributed by atoms with Crippen molar-refractivity contribution in [3.05, 3.63) is 53.9 Å². The summed E-state index contributed by atoms with van der Waals surface area (Å²) < 4.78 is 7.25. The number of nitrogens with zero attached hydrogens (tertiary/aromatic N) is 2. The molecule has 0 spiro atoms. The highest BCUT2D eigenvalue weighted by molar-refractivity contribution is 5.88. The van der Waals surface area contributed by atoms with E-state index in [0.29, 0.717) is 32.6 Å². The van der Waals surface area contributed by atoms with Crippen molar-refractivity contribution in [2.45, 2.75) is 24.8 Å². The Bertz CT molecular complexity index is 630. The molecule has 2 aromatic rings. The number of aromatic nitrogens is 2. The largest absolute Gasteiger partial charge is 0.381 e. The van der Waals surface area contributed by atoms with Crippen molar-refractivity contribution in [1.29, 1.82) is 0 Å². The van der Waals surface area contributed by atoms with Gasteiger partial charge in [0.05, 0.1) is 17.7 Å². The molecule has 0 radical (unpaired) electrons. The molecule has 1 saturated heterocycles. The highest BCUT2D eigenvalue weighted by Gasteiger charge is 2.41. The van der Waals surface area contributed by atoms with Crippen LogP contribution in [0.2, 0.25) is 0 Å². The second kappa shape index (κ2) is 6.32. The number of nitrogens with one attached hydrogen (secondary N) is 1. The molecule has 5 nitrogen and oxygen atoms in total. The highest BCUT2D eigenvalue weighted by atomic mass is 16.5. The Hall–Kier alpha value is -2.14. The van der Waals surface area contributed by atoms with Crippen molar-refractivity contribution in [1.82, 2.24) is 15.1 Å². The Balaban J connectivity index is 1.80. The van der Waals surface area contributed by atoms with Crippen LogP contribution in [0, 0.1) is 0 Å². The monoisotopic (exact) mass is 299 g/mol. The van der Waals surface area contributed by atoms with Crippen LogP contribution in [0.1, 0.15) is 24.1 Å². The molecule has 1 aromatic heterocycles. The molecular formula is C17H21N3O2. The molecule has 1 amide bonds. The molecule has 22 heavy (non-hydrogen) atoms. The molecule has 5 heteroatoms. The number of hydrogen-bond donors (Lipinski definition) is 1. The first-order valence-electron chi connectivity index (χ1n) is 7.61. The van der Waals surface area contributed by atoms with Crippen molar-refractivity contribution in [2.75, 3.05) is 13.2 Å². The van der Waals surface area contributed by atoms with Crippen LogP contribution < -0.4 is 5.32 Å². The fourth-order valence-corrected chi connectivity index (χ4v) is 3.04. The molecule has 0 bridgehead atoms. The number of ether oxygens (including phenoxy) is 1. The normalized spacial score (nSPS) is 17.1. The predicted molar refractivity (Wildman–Crippen MR) is 83.2 cm³/mol. The van der Waals surface area contributed by atoms with Gasteiger partial charge in [-0.2, -0.15) is 5.10 Å². The van der Waals surface area contributed by atoms with Crippen LogP contribution in [0.25, 0.3) is 0 Å². The summed E-state index contributed by atoms with van der Waals surface area (Å²) in [5, 5.41) is 7.21. The van der Waals surface area contributed by atoms with Gasteiger partial charge in [-0.25, -0.2) is 0 Å². The first-order valence-corrected chi connectivity index (χ1v) is 7.61. The summed E-state index contributed by atoms with van der Waals surface area (Å²) >= 11 is 0. The highest BCUT2D eigenvalue weighted by Crippen LogP contribution is 2.35. The summed E-state index contributed by atoms with van der Waals surface area (Å²) in [6, 6.07) is 11.9. The Morgan fingerprint density at radius 3 is 2.64 bits per heavy atom. The van der Waals surface area contributed by atoms with Gasteiger partial charge in [-0.1, -0.05) is 30.3 Å². The van der Waals surface area contributed by atoms with Crippen LogP contribution in [0.5, 0.6) is 0 Å². The minimum absolute atomic E-state index is 0.0724. The van der Waals surface area contributed by atoms with Gasteiger partial charge in [0.15, 0.2) is 0 Å². The lowest BCUT2D eigenvalue weighted by Crippen LogP contribution is -2.47. The van der Waals surface area contributed by atoms with Crippen LogP contribution in [0.4, 0.5) is 0 Å². The zero-order valence-corrected chi connectivity index (χ0v) is 12.8. The van der Waals surface area contributed by atoms with Crippen LogP contribution >= 0.6 is 0 Å². The van der Waals surface area contributed by atoms with Crippen molar-refractivity contribution in [3.8, 4) is 0 Å². The molecule has 1 N–H and O–H groups in total. The molecule has 0 atom stereocenters. The second-order valence-electron chi connectivity index (χ2n) is 5.69. The first-order chi connectivity index (χ1) is 10.7. The third-order valence-electron chi connectivity index (χ3n) is 4.46. The van der Waals surface area contributed by atoms with E-state index in [1.54, 1.807) is 10.9 Å². The van der Waals surface area contributed by atoms with Gasteiger partial charge >= 0.3 is 0 Å². The Kier molecular flexibility index (Phi) is 4.24. The van der Waals surface area contributed by atoms with Gasteiger partial charge in [-0.3, -0.25) is 9.48 Å². The van der Waals surface area contributed by atoms with Gasteiger partial charge in [0, 0.05) is 26.5 Å². The van der Waals surface area contributed by atoms with Gasteiger partial charge in [0.1, 0.15) is 0 Å². The average Bonchev–Trinajstić information content (AvgIpc) is 2.99. The minimum atomic E-state index is -0.488. The maximum Gasteiger partial charge on any atom is 0.231 e. The van der Waals surface area contributed by atoms with Crippen LogP contribution in [0.15, 0.2) is 42.6 Å². The third kappa shape index (κ3) is 2.76. The summed E-state index contributed by atoms with van der Waals surface area (Å²) in [4.78, 5) is 12.9. The maximum absolute atomic E-state index is 12.9. The van der Waals surface area contributed by atoms with Crippen LogP contribution in [-0.2, 0) is 28.5 Å². The van der Waals surface area contributed by atoms with Crippen molar-refractivity contribution in [2.24, 2.45) is 7.05 Å². The van der Waals surface area contributed by atoms with E-state index < -0.39 is 5.41 Å². The SMILES string of the molecule is Cn1nccc1CNC(=O)C1(c2ccccc2)CCOCC1. The Morgan fingerprint density at radius 2 is 2.00 bits per heavy atom. The van der Waals surface area contributed by atoms with Crippen LogP contribution in [0.3, 0.4) is 0 Å². The Morgan fingerprint density at radius 1 is 1.27 bits per heavy atom. The van der Waals surface area contributed by atoms with Gasteiger partial charge in [-0.15, -0.1) is 0 Å². The minimum Gasteiger partial charge on any atom is -0.381 e. The molecule has 0 aliphatic carbocycles. The lowest BCUT2D eigenvalue weighted by Gasteiger charge is -2.36. The lowest BCUT2D eigenvalue weighted by molar-refractivity contribution is -0.130. The number of rotatable bonds is 4. The first kappa shape index (κ1) is 14.8. The van der Waals surface area contributed by atoms with E-state index in [-0.39, 0.29) is 5.91 Å². The number of hydrogen-bond acceptors (Lipinski definition) is 3. The second-order valence-corrected chi connectivity index (χ2v) is 5.69. The molecule has 0 saturated carbocycles. The quantitative estimate of drug-likeness (QED) is 0.936. The van der Waals surface area contributed by atoms with E-state index in [0.717, 1.165) is 11.3 Å². The average molecular weight is 299 g/mol. The summed E-state index contributed by atoms with van der Waals surface area (Å²) in [6.07, 6.45) is 3.17. The summed E-state index contributed by atoms with van der Waals surface area (Å²) in [5.41, 5.74) is 1.57. The zero-order valence-electron chi connectivity index (χ0n) is 12.8. The predicted octanol–water partition coefficient (Wildman–Crippen LogP) is 1.78. The van der Waals surface area contributed by atoms with E-state index in [1.807, 2.05) is 43.4 Å². The fraction of sp³-hybridized carbons (Fsp3) is 0.412. The van der Waals surface area contributed by atoms with Crippen molar-refractivity contribution >= 4 is 5.91 Å². The van der Waals surface area contributed by atoms with E-state index >= 15 is 0 Å². The van der Waals surface area contributed by atoms with Gasteiger partial charge in [0.25, 0.3) is 0 Å². The van der Waals surface area contributed by atoms with Crippen molar-refractivity contribution in [3.63, 3.8) is 0 Å². The van der Waals surface area contributed by atoms with Crippen LogP contribution in [-0.4, -0.2) is 28.9 Å². The smallest absolute Gasteiger partial charge is 0.231 e. The number of amides is 1. The fourth-order valence-electron chi connectivity index (χ4n) is 3.04. The van der Waals surface area contributed by atoms with E-state index in [9.17, 15) is 4.79 Å². The topological polar surface area (TPSA) is 56.2 Å². The number of aryl methyl sites for hydroxylation is 1. The van der Waals surface area contributed by atoms with Gasteiger partial charge in [0.2, 0.25) is 5.91 Å². The standard InChI is InChI=1S/C17H21N3O2/c1-20-15(7-10-19-20)13-18-16(21)17(8-11-22-12-9-17)14-5-3-2-4-6-14/h2-7,10H,8-9,11-13H2,1H3,(H,18,21). The number of carbonyl (C=O) groups excluding carboxylic acids is 1. The molecule has 116 valence electrons. The molecule has 3 rings (SSSR count). The molecule has 1 aromatic carbocycles. The molecular weight excluding hydrogens is 278 g/mol. The summed E-state index contributed by atoms with van der Waals surface area (Å²) in [7, 11) is 1.88. The third-order valence-corrected chi connectivity index (χ3v) is 4.46. The summed E-state index contributed by atoms with van der Waals surface area (Å²) in [5.74, 6) is 0.0724. The van der Waals surface area contributed by atoms with Gasteiger partial charge in [-0.05, 0) is 24.5 Å². The lowest BCUT2D eigenvalue weighted by atomic mass is 9.73. The Labute approximate surface area is 130 Å². The van der Waals surface area contributed by atoms with Crippen molar-refractivity contribution < 1.29 is 9.53 Å². The zero-order chi connectivity index (χ0) is 15.4. The number of carbonyl (C=O) groups is 1. The molecule has 1 fully saturated rings. The van der Waals surface area contributed by atoms with E-state index in [4.69, 9.17) is 4.74 Å². The van der Waals surface area contributed by atoms with E-state index in [1.165, 1.54) is 0 Å². The molecule has 1 aliphatic rings. The summed E-state index contributed by atoms with van der Waals surface area (Å²) in [6.45, 7) is 1.73. The molecule has 2 heterocycles. The maximum atomic E-state index is 12.9. The molecule has 1 aliphatic heterocycles. The van der Waals surface area contributed by atoms with Gasteiger partial charge < -0.3 is 10.1 Å².